The molecule has 1 aromatic carbocycles. The highest BCUT2D eigenvalue weighted by atomic mass is 35.5. The summed E-state index contributed by atoms with van der Waals surface area (Å²) in [6.45, 7) is 0. The molecule has 0 aliphatic carbocycles. The summed E-state index contributed by atoms with van der Waals surface area (Å²) in [7, 11) is 0. The average Bonchev–Trinajstić information content (AvgIpc) is 2.96. The normalized spacial score (nSPS) is 18.6. The Bertz CT molecular complexity index is 973. The van der Waals surface area contributed by atoms with E-state index in [9.17, 15) is 54.0 Å². The first-order valence-electron chi connectivity index (χ1n) is 7.12. The summed E-state index contributed by atoms with van der Waals surface area (Å²) >= 11 is 10.1. The van der Waals surface area contributed by atoms with Gasteiger partial charge in [0, 0.05) is 0 Å². The second-order valence-electron chi connectivity index (χ2n) is 5.51. The molecule has 1 aromatic rings. The van der Waals surface area contributed by atoms with Gasteiger partial charge in [-0.3, -0.25) is 10.1 Å². The van der Waals surface area contributed by atoms with Gasteiger partial charge in [0.1, 0.15) is 10.7 Å². The van der Waals surface area contributed by atoms with Gasteiger partial charge in [0.25, 0.3) is 5.54 Å². The minimum atomic E-state index is -6.57. The lowest BCUT2D eigenvalue weighted by atomic mass is 9.97. The highest BCUT2D eigenvalue weighted by Crippen LogP contribution is 2.59. The fourth-order valence-corrected chi connectivity index (χ4v) is 3.82. The summed E-state index contributed by atoms with van der Waals surface area (Å²) in [6, 6.07) is 1.55. The molecule has 0 unspecified atom stereocenters. The lowest BCUT2D eigenvalue weighted by Crippen LogP contribution is -2.55. The van der Waals surface area contributed by atoms with Gasteiger partial charge in [-0.1, -0.05) is 35.0 Å². The molecule has 0 spiro atoms. The van der Waals surface area contributed by atoms with Gasteiger partial charge in [0.2, 0.25) is 5.83 Å². The Hall–Kier alpha value is -1.94. The number of nitrogens with zero attached hydrogens (tertiary/aromatic N) is 2. The number of nitrogens with one attached hydrogen (secondary N) is 1. The first-order chi connectivity index (χ1) is 13.8. The minimum absolute atomic E-state index is 0.427. The number of benzene rings is 1. The summed E-state index contributed by atoms with van der Waals surface area (Å²) in [5.74, 6) is -3.68. The van der Waals surface area contributed by atoms with Crippen molar-refractivity contribution in [2.45, 2.75) is 24.1 Å². The Morgan fingerprint density at radius 1 is 1.06 bits per heavy atom. The van der Waals surface area contributed by atoms with Crippen molar-refractivity contribution in [1.29, 1.82) is 0 Å². The van der Waals surface area contributed by atoms with Crippen LogP contribution < -0.4 is 5.32 Å². The van der Waals surface area contributed by atoms with E-state index in [4.69, 9.17) is 23.2 Å². The van der Waals surface area contributed by atoms with E-state index >= 15 is 0 Å². The summed E-state index contributed by atoms with van der Waals surface area (Å²) in [5, 5.41) is 10.00. The molecule has 0 amide bonds. The lowest BCUT2D eigenvalue weighted by molar-refractivity contribution is -0.383. The van der Waals surface area contributed by atoms with Crippen LogP contribution in [0.4, 0.5) is 55.3 Å². The fourth-order valence-electron chi connectivity index (χ4n) is 2.26. The van der Waals surface area contributed by atoms with E-state index in [2.05, 4.69) is 4.99 Å². The van der Waals surface area contributed by atoms with Gasteiger partial charge in [-0.05, 0) is 12.1 Å². The molecule has 0 saturated carbocycles. The van der Waals surface area contributed by atoms with Crippen molar-refractivity contribution >= 4 is 51.5 Å². The van der Waals surface area contributed by atoms with Gasteiger partial charge in [-0.15, -0.1) is 0 Å². The van der Waals surface area contributed by atoms with Gasteiger partial charge in [0.05, 0.1) is 14.9 Å². The van der Waals surface area contributed by atoms with Gasteiger partial charge in [-0.25, -0.2) is 9.38 Å². The maximum atomic E-state index is 13.7. The van der Waals surface area contributed by atoms with E-state index in [1.165, 1.54) is 0 Å². The molecular weight excluding hydrogens is 523 g/mol. The van der Waals surface area contributed by atoms with E-state index in [0.717, 1.165) is 6.07 Å². The van der Waals surface area contributed by atoms with E-state index in [1.54, 1.807) is 5.32 Å². The molecule has 1 aliphatic heterocycles. The molecule has 1 N–H and O–H groups in total. The quantitative estimate of drug-likeness (QED) is 0.256. The number of allylic oxidation sites excluding steroid dienone is 1. The van der Waals surface area contributed by atoms with Crippen molar-refractivity contribution in [3.8, 4) is 0 Å². The third-order valence-corrected chi connectivity index (χ3v) is 5.42. The summed E-state index contributed by atoms with van der Waals surface area (Å²) in [6.07, 6.45) is -19.4. The first kappa shape index (κ1) is 25.3. The maximum absolute atomic E-state index is 13.7. The third-order valence-electron chi connectivity index (χ3n) is 3.56. The molecular formula is C13H3Cl2F10N3O2S. The number of aliphatic imine (C=N–C) groups is 1. The Morgan fingerprint density at radius 2 is 1.58 bits per heavy atom. The molecule has 5 nitrogen and oxygen atoms in total. The molecule has 18 heteroatoms. The summed E-state index contributed by atoms with van der Waals surface area (Å²) in [4.78, 5) is 9.29. The van der Waals surface area contributed by atoms with Gasteiger partial charge in [0.15, 0.2) is 5.17 Å². The molecule has 0 radical (unpaired) electrons. The monoisotopic (exact) mass is 525 g/mol. The fraction of sp³-hybridized carbons (Fsp3) is 0.308. The topological polar surface area (TPSA) is 67.5 Å². The van der Waals surface area contributed by atoms with E-state index < -0.39 is 78.1 Å². The van der Waals surface area contributed by atoms with Crippen molar-refractivity contribution < 1.29 is 48.8 Å². The Morgan fingerprint density at radius 3 is 2.00 bits per heavy atom. The van der Waals surface area contributed by atoms with Crippen molar-refractivity contribution in [2.75, 3.05) is 5.32 Å². The van der Waals surface area contributed by atoms with Crippen molar-refractivity contribution in [2.24, 2.45) is 4.99 Å². The molecule has 0 bridgehead atoms. The van der Waals surface area contributed by atoms with Crippen molar-refractivity contribution in [1.82, 2.24) is 0 Å². The molecule has 0 aromatic heterocycles. The van der Waals surface area contributed by atoms with Crippen LogP contribution in [0.25, 0.3) is 0 Å². The van der Waals surface area contributed by atoms with Gasteiger partial charge in [-0.2, -0.15) is 39.5 Å². The van der Waals surface area contributed by atoms with Crippen LogP contribution in [0, 0.1) is 10.1 Å². The number of hydrogen-bond acceptors (Lipinski definition) is 5. The minimum Gasteiger partial charge on any atom is -0.329 e. The molecule has 1 heterocycles. The van der Waals surface area contributed by atoms with Crippen LogP contribution in [0.15, 0.2) is 27.9 Å². The average molecular weight is 526 g/mol. The number of nitro benzene ring substituents is 1. The third kappa shape index (κ3) is 4.37. The summed E-state index contributed by atoms with van der Waals surface area (Å²) < 4.78 is 132. The van der Waals surface area contributed by atoms with Crippen LogP contribution in [-0.2, 0) is 0 Å². The maximum Gasteiger partial charge on any atom is 0.443 e. The van der Waals surface area contributed by atoms with Gasteiger partial charge < -0.3 is 5.32 Å². The van der Waals surface area contributed by atoms with Crippen LogP contribution in [0.3, 0.4) is 0 Å². The van der Waals surface area contributed by atoms with E-state index in [0.29, 0.717) is 6.07 Å². The molecule has 0 fully saturated rings. The van der Waals surface area contributed by atoms with E-state index in [1.807, 2.05) is 0 Å². The number of alkyl halides is 9. The highest BCUT2D eigenvalue weighted by molar-refractivity contribution is 8.17. The number of thioether (sulfide) groups is 1. The molecule has 0 saturated heterocycles. The number of anilines is 1. The van der Waals surface area contributed by atoms with Crippen molar-refractivity contribution in [3.05, 3.63) is 43.0 Å². The Kier molecular flexibility index (Phi) is 6.44. The van der Waals surface area contributed by atoms with Crippen LogP contribution in [0.5, 0.6) is 0 Å². The largest absolute Gasteiger partial charge is 0.443 e. The standard InChI is InChI=1S/C13H3Cl2F10N3O2S/c14-3-1-2-4(6(5(3)15)28(29)30)26-9-27-10(12(20,21)22,13(23,24)25)8(31-9)7(16)11(17,18)19/h1-2H,(H,26,27). The highest BCUT2D eigenvalue weighted by Gasteiger charge is 2.77. The van der Waals surface area contributed by atoms with Gasteiger partial charge >= 0.3 is 24.2 Å². The Balaban J connectivity index is 2.76. The molecule has 31 heavy (non-hydrogen) atoms. The predicted octanol–water partition coefficient (Wildman–Crippen LogP) is 7.02. The number of amidine groups is 1. The predicted molar refractivity (Wildman–Crippen MR) is 90.8 cm³/mol. The SMILES string of the molecule is O=[N+]([O-])c1c(NC2=NC(C(F)(F)F)(C(F)(F)F)C(=C(F)C(F)(F)F)S2)ccc(Cl)c1Cl. The van der Waals surface area contributed by atoms with Crippen LogP contribution in [0.1, 0.15) is 0 Å². The van der Waals surface area contributed by atoms with E-state index in [-0.39, 0.29) is 0 Å². The summed E-state index contributed by atoms with van der Waals surface area (Å²) in [5.41, 5.74) is -7.61. The number of hydrogen-bond donors (Lipinski definition) is 1. The van der Waals surface area contributed by atoms with Crippen molar-refractivity contribution in [3.63, 3.8) is 0 Å². The molecule has 1 aliphatic rings. The zero-order valence-electron chi connectivity index (χ0n) is 13.8. The first-order valence-corrected chi connectivity index (χ1v) is 8.70. The second kappa shape index (κ2) is 7.88. The Labute approximate surface area is 178 Å². The number of rotatable bonds is 2. The molecule has 2 rings (SSSR count). The number of nitro groups is 1. The van der Waals surface area contributed by atoms with Crippen LogP contribution in [-0.4, -0.2) is 34.2 Å². The zero-order chi connectivity index (χ0) is 24.2. The molecule has 0 atom stereocenters. The zero-order valence-corrected chi connectivity index (χ0v) is 16.1. The number of halogens is 12. The smallest absolute Gasteiger partial charge is 0.329 e. The molecule has 172 valence electrons. The van der Waals surface area contributed by atoms with Crippen LogP contribution >= 0.6 is 35.0 Å². The second-order valence-corrected chi connectivity index (χ2v) is 7.29. The van der Waals surface area contributed by atoms with Crippen LogP contribution in [0.2, 0.25) is 10.0 Å². The lowest BCUT2D eigenvalue weighted by Gasteiger charge is -2.31.